The molecule has 1 aromatic carbocycles. The number of hydrogen-bond acceptors (Lipinski definition) is 6. The van der Waals surface area contributed by atoms with Crippen molar-refractivity contribution in [1.29, 1.82) is 0 Å². The Hall–Kier alpha value is -1.25. The molecule has 0 unspecified atom stereocenters. The lowest BCUT2D eigenvalue weighted by Crippen LogP contribution is -2.44. The number of piperidine rings is 1. The zero-order chi connectivity index (χ0) is 23.9. The van der Waals surface area contributed by atoms with Gasteiger partial charge in [0.2, 0.25) is 0 Å². The molecule has 202 valence electrons. The van der Waals surface area contributed by atoms with Crippen molar-refractivity contribution in [3.63, 3.8) is 0 Å². The van der Waals surface area contributed by atoms with Crippen molar-refractivity contribution in [2.75, 3.05) is 32.5 Å². The highest BCUT2D eigenvalue weighted by Crippen LogP contribution is 2.34. The minimum absolute atomic E-state index is 0. The van der Waals surface area contributed by atoms with Crippen LogP contribution in [0.15, 0.2) is 30.5 Å². The van der Waals surface area contributed by atoms with Gasteiger partial charge in [0, 0.05) is 35.7 Å². The number of aliphatic hydroxyl groups excluding tert-OH is 1. The molecule has 2 aromatic rings. The number of pyridine rings is 1. The maximum absolute atomic E-state index is 12.1. The number of ether oxygens (including phenoxy) is 1. The van der Waals surface area contributed by atoms with Crippen LogP contribution in [0.3, 0.4) is 0 Å². The molecule has 0 bridgehead atoms. The molecule has 4 rings (SSSR count). The molecule has 36 heavy (non-hydrogen) atoms. The lowest BCUT2D eigenvalue weighted by Gasteiger charge is -2.37. The number of thioether (sulfide) groups is 1. The molecule has 1 saturated carbocycles. The van der Waals surface area contributed by atoms with Crippen molar-refractivity contribution in [2.45, 2.75) is 62.7 Å². The number of carboxylic acid groups (broad SMARTS) is 1. The Morgan fingerprint density at radius 1 is 1.19 bits per heavy atom. The van der Waals surface area contributed by atoms with Crippen molar-refractivity contribution in [3.8, 4) is 5.75 Å². The molecule has 2 heterocycles. The Morgan fingerprint density at radius 2 is 1.97 bits per heavy atom. The van der Waals surface area contributed by atoms with E-state index in [9.17, 15) is 15.0 Å². The number of halogens is 2. The molecule has 2 N–H and O–H groups in total. The van der Waals surface area contributed by atoms with Gasteiger partial charge in [-0.2, -0.15) is 11.8 Å². The molecule has 0 spiro atoms. The largest absolute Gasteiger partial charge is 0.497 e. The van der Waals surface area contributed by atoms with Crippen LogP contribution >= 0.6 is 36.6 Å². The van der Waals surface area contributed by atoms with E-state index in [0.29, 0.717) is 19.4 Å². The Labute approximate surface area is 231 Å². The van der Waals surface area contributed by atoms with Crippen LogP contribution in [-0.2, 0) is 4.79 Å². The monoisotopic (exact) mass is 558 g/mol. The van der Waals surface area contributed by atoms with Crippen LogP contribution in [-0.4, -0.2) is 63.8 Å². The van der Waals surface area contributed by atoms with Crippen molar-refractivity contribution < 1.29 is 19.7 Å². The summed E-state index contributed by atoms with van der Waals surface area (Å²) in [6, 6.07) is 7.52. The summed E-state index contributed by atoms with van der Waals surface area (Å²) in [7, 11) is 1.63. The Morgan fingerprint density at radius 3 is 2.69 bits per heavy atom. The molecule has 0 amide bonds. The van der Waals surface area contributed by atoms with Crippen LogP contribution in [0, 0.1) is 11.8 Å². The smallest absolute Gasteiger partial charge is 0.308 e. The summed E-state index contributed by atoms with van der Waals surface area (Å²) in [6.45, 7) is 2.55. The number of aromatic nitrogens is 1. The van der Waals surface area contributed by atoms with Crippen LogP contribution in [0.2, 0.25) is 0 Å². The standard InChI is InChI=1S/C27H38N2O4S.2ClH/c1-33-20-8-9-25-23(17-20)22(11-13-28-25)26(30)10-7-19-12-14-29(18-24(19)27(31)32)15-16-34-21-5-3-2-4-6-21;;/h8-9,11,13,17,19,21,24,26,30H,2-7,10,12,14-16,18H2,1H3,(H,31,32);2*1H/t19-,24+,26+;;/m1../s1. The third-order valence-electron chi connectivity index (χ3n) is 7.62. The summed E-state index contributed by atoms with van der Waals surface area (Å²) < 4.78 is 5.34. The van der Waals surface area contributed by atoms with E-state index in [1.807, 2.05) is 24.3 Å². The summed E-state index contributed by atoms with van der Waals surface area (Å²) in [5.41, 5.74) is 1.65. The van der Waals surface area contributed by atoms with Gasteiger partial charge in [-0.1, -0.05) is 19.3 Å². The number of carboxylic acids is 1. The molecule has 2 aliphatic rings. The molecule has 1 aromatic heterocycles. The van der Waals surface area contributed by atoms with Gasteiger partial charge in [-0.05, 0) is 74.4 Å². The van der Waals surface area contributed by atoms with Gasteiger partial charge in [-0.3, -0.25) is 9.78 Å². The number of nitrogens with zero attached hydrogens (tertiary/aromatic N) is 2. The number of benzene rings is 1. The van der Waals surface area contributed by atoms with Gasteiger partial charge in [0.1, 0.15) is 5.75 Å². The summed E-state index contributed by atoms with van der Waals surface area (Å²) >= 11 is 2.08. The predicted octanol–water partition coefficient (Wildman–Crippen LogP) is 5.99. The van der Waals surface area contributed by atoms with E-state index in [1.54, 1.807) is 13.3 Å². The topological polar surface area (TPSA) is 82.9 Å². The van der Waals surface area contributed by atoms with E-state index in [2.05, 4.69) is 21.6 Å². The highest BCUT2D eigenvalue weighted by atomic mass is 35.5. The van der Waals surface area contributed by atoms with Crippen LogP contribution in [0.1, 0.15) is 63.0 Å². The number of carbonyl (C=O) groups is 1. The second-order valence-electron chi connectivity index (χ2n) is 9.80. The van der Waals surface area contributed by atoms with E-state index < -0.39 is 12.1 Å². The number of aliphatic carboxylic acids is 1. The van der Waals surface area contributed by atoms with Crippen LogP contribution < -0.4 is 4.74 Å². The quantitative estimate of drug-likeness (QED) is 0.370. The minimum Gasteiger partial charge on any atom is -0.497 e. The average molecular weight is 560 g/mol. The summed E-state index contributed by atoms with van der Waals surface area (Å²) in [5, 5.41) is 22.6. The molecule has 6 nitrogen and oxygen atoms in total. The molecule has 1 saturated heterocycles. The van der Waals surface area contributed by atoms with Gasteiger partial charge < -0.3 is 19.8 Å². The highest BCUT2D eigenvalue weighted by molar-refractivity contribution is 7.99. The van der Waals surface area contributed by atoms with Crippen LogP contribution in [0.5, 0.6) is 5.75 Å². The van der Waals surface area contributed by atoms with E-state index >= 15 is 0 Å². The molecule has 1 aliphatic heterocycles. The molecule has 0 radical (unpaired) electrons. The highest BCUT2D eigenvalue weighted by Gasteiger charge is 2.34. The SMILES string of the molecule is COc1ccc2nccc([C@@H](O)CC[C@@H]3CCN(CCSC4CCCCC4)C[C@@H]3C(=O)O)c2c1.Cl.Cl. The van der Waals surface area contributed by atoms with E-state index in [1.165, 1.54) is 32.1 Å². The molecule has 1 aliphatic carbocycles. The maximum Gasteiger partial charge on any atom is 0.308 e. The van der Waals surface area contributed by atoms with Gasteiger partial charge in [0.15, 0.2) is 0 Å². The van der Waals surface area contributed by atoms with Crippen molar-refractivity contribution in [1.82, 2.24) is 9.88 Å². The normalized spacial score (nSPS) is 21.8. The predicted molar refractivity (Wildman–Crippen MR) is 152 cm³/mol. The summed E-state index contributed by atoms with van der Waals surface area (Å²) in [6.07, 6.45) is 9.97. The van der Waals surface area contributed by atoms with Gasteiger partial charge >= 0.3 is 5.97 Å². The molecular formula is C27H40Cl2N2O4S. The second-order valence-corrected chi connectivity index (χ2v) is 11.2. The third-order valence-corrected chi connectivity index (χ3v) is 8.98. The van der Waals surface area contributed by atoms with Crippen LogP contribution in [0.4, 0.5) is 0 Å². The average Bonchev–Trinajstić information content (AvgIpc) is 2.87. The van der Waals surface area contributed by atoms with Crippen molar-refractivity contribution in [2.24, 2.45) is 11.8 Å². The zero-order valence-electron chi connectivity index (χ0n) is 21.0. The van der Waals surface area contributed by atoms with E-state index in [0.717, 1.165) is 52.7 Å². The fraction of sp³-hybridized carbons (Fsp3) is 0.630. The first-order chi connectivity index (χ1) is 16.5. The Balaban J connectivity index is 0.00000228. The van der Waals surface area contributed by atoms with Crippen molar-refractivity contribution >= 4 is 53.4 Å². The van der Waals surface area contributed by atoms with Crippen LogP contribution in [0.25, 0.3) is 10.9 Å². The van der Waals surface area contributed by atoms with Gasteiger partial charge in [0.05, 0.1) is 24.6 Å². The molecule has 9 heteroatoms. The maximum atomic E-state index is 12.1. The first-order valence-corrected chi connectivity index (χ1v) is 13.8. The Kier molecular flexibility index (Phi) is 13.1. The first kappa shape index (κ1) is 31.0. The number of likely N-dealkylation sites (tertiary alicyclic amines) is 1. The second kappa shape index (κ2) is 15.2. The zero-order valence-corrected chi connectivity index (χ0v) is 23.5. The van der Waals surface area contributed by atoms with E-state index in [-0.39, 0.29) is 36.6 Å². The molecular weight excluding hydrogens is 519 g/mol. The molecule has 2 fully saturated rings. The number of fused-ring (bicyclic) bond motifs is 1. The molecule has 3 atom stereocenters. The van der Waals surface area contributed by atoms with E-state index in [4.69, 9.17) is 4.74 Å². The number of methoxy groups -OCH3 is 1. The number of rotatable bonds is 10. The third kappa shape index (κ3) is 8.12. The van der Waals surface area contributed by atoms with Gasteiger partial charge in [-0.15, -0.1) is 24.8 Å². The van der Waals surface area contributed by atoms with Crippen molar-refractivity contribution in [3.05, 3.63) is 36.0 Å². The lowest BCUT2D eigenvalue weighted by molar-refractivity contribution is -0.146. The minimum atomic E-state index is -0.705. The summed E-state index contributed by atoms with van der Waals surface area (Å²) in [4.78, 5) is 18.8. The number of aliphatic hydroxyl groups is 1. The number of hydrogen-bond donors (Lipinski definition) is 2. The fourth-order valence-corrected chi connectivity index (χ4v) is 6.93. The summed E-state index contributed by atoms with van der Waals surface area (Å²) in [5.74, 6) is 0.850. The fourth-order valence-electron chi connectivity index (χ4n) is 5.57. The Bertz CT molecular complexity index is 961. The van der Waals surface area contributed by atoms with Gasteiger partial charge in [-0.25, -0.2) is 0 Å². The van der Waals surface area contributed by atoms with Gasteiger partial charge in [0.25, 0.3) is 0 Å². The first-order valence-electron chi connectivity index (χ1n) is 12.7. The lowest BCUT2D eigenvalue weighted by atomic mass is 9.81.